The fourth-order valence-electron chi connectivity index (χ4n) is 2.00. The number of rotatable bonds is 5. The Morgan fingerprint density at radius 2 is 2.00 bits per heavy atom. The van der Waals surface area contributed by atoms with Crippen LogP contribution >= 0.6 is 12.4 Å². The minimum atomic E-state index is -0.119. The molecule has 3 N–H and O–H groups in total. The SMILES string of the molecule is CC(C(=O)NCC(N)c1ccccc1)C1CC1.Cl. The van der Waals surface area contributed by atoms with Crippen LogP contribution in [-0.4, -0.2) is 12.5 Å². The number of amides is 1. The molecule has 18 heavy (non-hydrogen) atoms. The minimum Gasteiger partial charge on any atom is -0.354 e. The van der Waals surface area contributed by atoms with E-state index in [0.29, 0.717) is 12.5 Å². The predicted molar refractivity (Wildman–Crippen MR) is 75.5 cm³/mol. The quantitative estimate of drug-likeness (QED) is 0.861. The zero-order valence-corrected chi connectivity index (χ0v) is 11.5. The fourth-order valence-corrected chi connectivity index (χ4v) is 2.00. The standard InChI is InChI=1S/C14H20N2O.ClH/c1-10(11-7-8-11)14(17)16-9-13(15)12-5-3-2-4-6-12;/h2-6,10-11,13H,7-9,15H2,1H3,(H,16,17);1H. The second-order valence-corrected chi connectivity index (χ2v) is 4.89. The van der Waals surface area contributed by atoms with Crippen LogP contribution < -0.4 is 11.1 Å². The van der Waals surface area contributed by atoms with Crippen LogP contribution in [0.1, 0.15) is 31.4 Å². The molecule has 0 heterocycles. The first-order valence-corrected chi connectivity index (χ1v) is 6.26. The zero-order chi connectivity index (χ0) is 12.3. The Bertz CT molecular complexity index is 379. The summed E-state index contributed by atoms with van der Waals surface area (Å²) in [4.78, 5) is 11.8. The summed E-state index contributed by atoms with van der Waals surface area (Å²) in [5.41, 5.74) is 7.08. The molecule has 0 radical (unpaired) electrons. The lowest BCUT2D eigenvalue weighted by molar-refractivity contribution is -0.125. The second-order valence-electron chi connectivity index (χ2n) is 4.89. The smallest absolute Gasteiger partial charge is 0.223 e. The highest BCUT2D eigenvalue weighted by atomic mass is 35.5. The van der Waals surface area contributed by atoms with Gasteiger partial charge in [0.2, 0.25) is 5.91 Å². The maximum absolute atomic E-state index is 11.8. The van der Waals surface area contributed by atoms with E-state index >= 15 is 0 Å². The van der Waals surface area contributed by atoms with Crippen molar-refractivity contribution < 1.29 is 4.79 Å². The topological polar surface area (TPSA) is 55.1 Å². The Kier molecular flexibility index (Phi) is 5.63. The summed E-state index contributed by atoms with van der Waals surface area (Å²) in [5.74, 6) is 0.875. The van der Waals surface area contributed by atoms with E-state index in [-0.39, 0.29) is 30.3 Å². The van der Waals surface area contributed by atoms with Crippen LogP contribution in [0.2, 0.25) is 0 Å². The molecule has 0 aliphatic heterocycles. The molecule has 1 amide bonds. The van der Waals surface area contributed by atoms with Gasteiger partial charge in [-0.15, -0.1) is 12.4 Å². The molecule has 1 aliphatic rings. The van der Waals surface area contributed by atoms with Gasteiger partial charge >= 0.3 is 0 Å². The van der Waals surface area contributed by atoms with Crippen molar-refractivity contribution in [3.63, 3.8) is 0 Å². The normalized spacial score (nSPS) is 17.4. The number of carbonyl (C=O) groups excluding carboxylic acids is 1. The number of hydrogen-bond donors (Lipinski definition) is 2. The van der Waals surface area contributed by atoms with E-state index in [0.717, 1.165) is 5.56 Å². The third kappa shape index (κ3) is 4.00. The van der Waals surface area contributed by atoms with E-state index in [4.69, 9.17) is 5.73 Å². The molecule has 1 fully saturated rings. The first kappa shape index (κ1) is 15.0. The predicted octanol–water partition coefficient (Wildman–Crippen LogP) is 2.27. The van der Waals surface area contributed by atoms with Crippen molar-refractivity contribution in [2.75, 3.05) is 6.54 Å². The number of nitrogens with two attached hydrogens (primary N) is 1. The van der Waals surface area contributed by atoms with Gasteiger partial charge in [-0.2, -0.15) is 0 Å². The van der Waals surface area contributed by atoms with Crippen molar-refractivity contribution in [2.45, 2.75) is 25.8 Å². The van der Waals surface area contributed by atoms with Crippen molar-refractivity contribution in [3.05, 3.63) is 35.9 Å². The fraction of sp³-hybridized carbons (Fsp3) is 0.500. The van der Waals surface area contributed by atoms with Crippen LogP contribution in [0.25, 0.3) is 0 Å². The number of hydrogen-bond acceptors (Lipinski definition) is 2. The lowest BCUT2D eigenvalue weighted by atomic mass is 10.0. The summed E-state index contributed by atoms with van der Waals surface area (Å²) in [5, 5.41) is 2.94. The van der Waals surface area contributed by atoms with Crippen molar-refractivity contribution in [2.24, 2.45) is 17.6 Å². The third-order valence-corrected chi connectivity index (χ3v) is 3.47. The van der Waals surface area contributed by atoms with Gasteiger partial charge in [-0.25, -0.2) is 0 Å². The molecule has 0 bridgehead atoms. The molecule has 2 atom stereocenters. The molecule has 3 nitrogen and oxygen atoms in total. The Morgan fingerprint density at radius 3 is 2.56 bits per heavy atom. The van der Waals surface area contributed by atoms with Crippen molar-refractivity contribution in [1.82, 2.24) is 5.32 Å². The van der Waals surface area contributed by atoms with Gasteiger partial charge in [0.25, 0.3) is 0 Å². The summed E-state index contributed by atoms with van der Waals surface area (Å²) in [6.45, 7) is 2.51. The summed E-state index contributed by atoms with van der Waals surface area (Å²) in [6, 6.07) is 9.74. The summed E-state index contributed by atoms with van der Waals surface area (Å²) in [7, 11) is 0. The zero-order valence-electron chi connectivity index (χ0n) is 10.6. The average molecular weight is 269 g/mol. The van der Waals surface area contributed by atoms with Crippen LogP contribution in [-0.2, 0) is 4.79 Å². The molecule has 2 rings (SSSR count). The number of nitrogens with one attached hydrogen (secondary N) is 1. The molecule has 4 heteroatoms. The number of carbonyl (C=O) groups is 1. The molecule has 1 saturated carbocycles. The Morgan fingerprint density at radius 1 is 1.39 bits per heavy atom. The van der Waals surface area contributed by atoms with Gasteiger partial charge in [-0.3, -0.25) is 4.79 Å². The molecule has 1 aromatic rings. The maximum atomic E-state index is 11.8. The van der Waals surface area contributed by atoms with Crippen LogP contribution in [0.4, 0.5) is 0 Å². The van der Waals surface area contributed by atoms with Gasteiger partial charge in [-0.1, -0.05) is 37.3 Å². The van der Waals surface area contributed by atoms with Crippen molar-refractivity contribution >= 4 is 18.3 Å². The van der Waals surface area contributed by atoms with Crippen LogP contribution in [0.15, 0.2) is 30.3 Å². The van der Waals surface area contributed by atoms with E-state index in [1.807, 2.05) is 37.3 Å². The van der Waals surface area contributed by atoms with E-state index in [1.54, 1.807) is 0 Å². The number of benzene rings is 1. The molecule has 0 spiro atoms. The highest BCUT2D eigenvalue weighted by molar-refractivity contribution is 5.85. The second kappa shape index (κ2) is 6.76. The van der Waals surface area contributed by atoms with Crippen molar-refractivity contribution in [3.8, 4) is 0 Å². The van der Waals surface area contributed by atoms with Crippen LogP contribution in [0, 0.1) is 11.8 Å². The first-order valence-electron chi connectivity index (χ1n) is 6.26. The largest absolute Gasteiger partial charge is 0.354 e. The lowest BCUT2D eigenvalue weighted by Crippen LogP contribution is -2.35. The summed E-state index contributed by atoms with van der Waals surface area (Å²) < 4.78 is 0. The molecule has 2 unspecified atom stereocenters. The Balaban J connectivity index is 0.00000162. The molecule has 1 aromatic carbocycles. The first-order chi connectivity index (χ1) is 8.18. The molecular weight excluding hydrogens is 248 g/mol. The van der Waals surface area contributed by atoms with E-state index < -0.39 is 0 Å². The minimum absolute atomic E-state index is 0. The van der Waals surface area contributed by atoms with Gasteiger partial charge in [0.15, 0.2) is 0 Å². The highest BCUT2D eigenvalue weighted by Gasteiger charge is 2.32. The monoisotopic (exact) mass is 268 g/mol. The van der Waals surface area contributed by atoms with Gasteiger partial charge < -0.3 is 11.1 Å². The number of halogens is 1. The van der Waals surface area contributed by atoms with Gasteiger partial charge in [0.05, 0.1) is 0 Å². The van der Waals surface area contributed by atoms with E-state index in [9.17, 15) is 4.79 Å². The third-order valence-electron chi connectivity index (χ3n) is 3.47. The molecule has 1 aliphatic carbocycles. The Labute approximate surface area is 115 Å². The molecular formula is C14H21ClN2O. The maximum Gasteiger partial charge on any atom is 0.223 e. The summed E-state index contributed by atoms with van der Waals surface area (Å²) in [6.07, 6.45) is 2.39. The molecule has 0 saturated heterocycles. The van der Waals surface area contributed by atoms with Crippen LogP contribution in [0.3, 0.4) is 0 Å². The summed E-state index contributed by atoms with van der Waals surface area (Å²) >= 11 is 0. The van der Waals surface area contributed by atoms with Gasteiger partial charge in [0, 0.05) is 18.5 Å². The average Bonchev–Trinajstić information content (AvgIpc) is 3.20. The van der Waals surface area contributed by atoms with E-state index in [2.05, 4.69) is 5.32 Å². The van der Waals surface area contributed by atoms with E-state index in [1.165, 1.54) is 12.8 Å². The Hall–Kier alpha value is -1.06. The van der Waals surface area contributed by atoms with Crippen LogP contribution in [0.5, 0.6) is 0 Å². The lowest BCUT2D eigenvalue weighted by Gasteiger charge is -2.15. The van der Waals surface area contributed by atoms with Crippen molar-refractivity contribution in [1.29, 1.82) is 0 Å². The van der Waals surface area contributed by atoms with Gasteiger partial charge in [0.1, 0.15) is 0 Å². The molecule has 100 valence electrons. The van der Waals surface area contributed by atoms with Gasteiger partial charge in [-0.05, 0) is 24.3 Å². The molecule has 0 aromatic heterocycles. The highest BCUT2D eigenvalue weighted by Crippen LogP contribution is 2.36.